The number of aromatic nitrogens is 4. The summed E-state index contributed by atoms with van der Waals surface area (Å²) in [6.45, 7) is 2.22. The van der Waals surface area contributed by atoms with Gasteiger partial charge in [-0.3, -0.25) is 0 Å². The quantitative estimate of drug-likeness (QED) is 0.186. The Kier molecular flexibility index (Phi) is 8.52. The third-order valence-corrected chi connectivity index (χ3v) is 7.17. The van der Waals surface area contributed by atoms with Crippen molar-refractivity contribution in [3.63, 3.8) is 0 Å². The molecular weight excluding hydrogens is 570 g/mol. The molecule has 0 fully saturated rings. The molecule has 0 radical (unpaired) electrons. The van der Waals surface area contributed by atoms with Crippen LogP contribution in [0, 0.1) is 0 Å². The maximum absolute atomic E-state index is 6.26. The summed E-state index contributed by atoms with van der Waals surface area (Å²) in [5, 5.41) is 23.5. The minimum atomic E-state index is 0.0281. The standard InChI is InChI=1S/C31H30ClN7O4/c1-40-21-6-3-19(4-7-21)30-36-31(43-39-30)26-11-12-28(38-37-26)33-13-15-42-16-14-34-29-23-9-5-20(32)17-27(23)35-25-10-8-22(41-2)18-24(25)29/h3-12,17-18,25,34-35H,13-16H2,1-2H3,(H,33,38). The van der Waals surface area contributed by atoms with Gasteiger partial charge in [0.25, 0.3) is 5.89 Å². The number of allylic oxidation sites excluding steroid dienone is 1. The highest BCUT2D eigenvalue weighted by Gasteiger charge is 2.26. The zero-order chi connectivity index (χ0) is 29.6. The van der Waals surface area contributed by atoms with Crippen molar-refractivity contribution in [3.8, 4) is 28.7 Å². The monoisotopic (exact) mass is 599 g/mol. The van der Waals surface area contributed by atoms with Gasteiger partial charge < -0.3 is 34.7 Å². The number of nitrogens with one attached hydrogen (secondary N) is 3. The first-order chi connectivity index (χ1) is 21.1. The van der Waals surface area contributed by atoms with E-state index in [9.17, 15) is 0 Å². The molecule has 0 saturated carbocycles. The van der Waals surface area contributed by atoms with E-state index in [1.807, 2.05) is 60.7 Å². The molecular formula is C31H30ClN7O4. The molecule has 220 valence electrons. The average molecular weight is 600 g/mol. The third kappa shape index (κ3) is 6.47. The second-order valence-electron chi connectivity index (χ2n) is 9.67. The molecule has 2 aliphatic rings. The Bertz CT molecular complexity index is 1670. The molecule has 11 nitrogen and oxygen atoms in total. The van der Waals surface area contributed by atoms with Gasteiger partial charge in [0, 0.05) is 46.2 Å². The molecule has 0 bridgehead atoms. The molecule has 1 aliphatic heterocycles. The number of halogens is 1. The number of rotatable bonds is 12. The smallest absolute Gasteiger partial charge is 0.278 e. The fourth-order valence-corrected chi connectivity index (χ4v) is 4.94. The third-order valence-electron chi connectivity index (χ3n) is 6.93. The molecule has 12 heteroatoms. The van der Waals surface area contributed by atoms with E-state index in [0.717, 1.165) is 39.6 Å². The molecule has 0 spiro atoms. The van der Waals surface area contributed by atoms with Gasteiger partial charge in [-0.1, -0.05) is 22.8 Å². The lowest BCUT2D eigenvalue weighted by Crippen LogP contribution is -2.31. The van der Waals surface area contributed by atoms with E-state index in [1.54, 1.807) is 20.3 Å². The van der Waals surface area contributed by atoms with Gasteiger partial charge in [-0.15, -0.1) is 10.2 Å². The minimum absolute atomic E-state index is 0.0281. The Morgan fingerprint density at radius 1 is 0.953 bits per heavy atom. The van der Waals surface area contributed by atoms with Gasteiger partial charge in [0.2, 0.25) is 5.82 Å². The largest absolute Gasteiger partial charge is 0.497 e. The fraction of sp³-hybridized carbons (Fsp3) is 0.226. The predicted molar refractivity (Wildman–Crippen MR) is 165 cm³/mol. The lowest BCUT2D eigenvalue weighted by atomic mass is 9.90. The van der Waals surface area contributed by atoms with Crippen LogP contribution >= 0.6 is 11.6 Å². The Balaban J connectivity index is 0.977. The number of hydrogen-bond donors (Lipinski definition) is 3. The average Bonchev–Trinajstić information content (AvgIpc) is 3.54. The van der Waals surface area contributed by atoms with Crippen molar-refractivity contribution in [1.29, 1.82) is 0 Å². The van der Waals surface area contributed by atoms with Crippen LogP contribution in [0.5, 0.6) is 5.75 Å². The fourth-order valence-electron chi connectivity index (χ4n) is 4.77. The summed E-state index contributed by atoms with van der Waals surface area (Å²) in [6.07, 6.45) is 6.10. The molecule has 1 unspecified atom stereocenters. The highest BCUT2D eigenvalue weighted by molar-refractivity contribution is 6.31. The molecule has 6 rings (SSSR count). The molecule has 3 heterocycles. The molecule has 4 aromatic rings. The van der Waals surface area contributed by atoms with Gasteiger partial charge in [0.1, 0.15) is 17.3 Å². The van der Waals surface area contributed by atoms with Gasteiger partial charge in [-0.05, 0) is 66.7 Å². The predicted octanol–water partition coefficient (Wildman–Crippen LogP) is 5.18. The first kappa shape index (κ1) is 28.3. The van der Waals surface area contributed by atoms with E-state index >= 15 is 0 Å². The number of nitrogens with zero attached hydrogens (tertiary/aromatic N) is 4. The zero-order valence-corrected chi connectivity index (χ0v) is 24.4. The van der Waals surface area contributed by atoms with Crippen molar-refractivity contribution in [1.82, 2.24) is 25.7 Å². The van der Waals surface area contributed by atoms with Crippen molar-refractivity contribution in [3.05, 3.63) is 94.7 Å². The lowest BCUT2D eigenvalue weighted by molar-refractivity contribution is 0.148. The summed E-state index contributed by atoms with van der Waals surface area (Å²) in [5.74, 6) is 2.93. The van der Waals surface area contributed by atoms with Crippen molar-refractivity contribution in [2.45, 2.75) is 6.04 Å². The van der Waals surface area contributed by atoms with Crippen LogP contribution in [0.4, 0.5) is 11.5 Å². The van der Waals surface area contributed by atoms with Crippen LogP contribution in [-0.4, -0.2) is 66.9 Å². The highest BCUT2D eigenvalue weighted by Crippen LogP contribution is 2.37. The molecule has 43 heavy (non-hydrogen) atoms. The van der Waals surface area contributed by atoms with Crippen LogP contribution in [0.2, 0.25) is 5.02 Å². The van der Waals surface area contributed by atoms with Gasteiger partial charge in [-0.25, -0.2) is 0 Å². The number of benzene rings is 2. The van der Waals surface area contributed by atoms with E-state index in [0.29, 0.717) is 54.6 Å². The summed E-state index contributed by atoms with van der Waals surface area (Å²) < 4.78 is 21.9. The summed E-state index contributed by atoms with van der Waals surface area (Å²) in [6, 6.07) is 16.9. The first-order valence-electron chi connectivity index (χ1n) is 13.7. The molecule has 1 aliphatic carbocycles. The van der Waals surface area contributed by atoms with Crippen LogP contribution in [0.1, 0.15) is 5.56 Å². The maximum atomic E-state index is 6.26. The Hall–Kier alpha value is -4.87. The Morgan fingerprint density at radius 3 is 2.56 bits per heavy atom. The van der Waals surface area contributed by atoms with Crippen LogP contribution in [0.15, 0.2) is 88.7 Å². The summed E-state index contributed by atoms with van der Waals surface area (Å²) in [7, 11) is 3.29. The van der Waals surface area contributed by atoms with E-state index in [4.69, 9.17) is 30.3 Å². The number of anilines is 2. The minimum Gasteiger partial charge on any atom is -0.497 e. The van der Waals surface area contributed by atoms with E-state index in [-0.39, 0.29) is 6.04 Å². The van der Waals surface area contributed by atoms with Gasteiger partial charge in [-0.2, -0.15) is 4.98 Å². The van der Waals surface area contributed by atoms with Gasteiger partial charge in [0.05, 0.1) is 33.5 Å². The lowest BCUT2D eigenvalue weighted by Gasteiger charge is -2.32. The van der Waals surface area contributed by atoms with Crippen molar-refractivity contribution < 1.29 is 18.7 Å². The SMILES string of the molecule is COC1=CC2=C(NCCOCCNc3ccc(-c4nc(-c5ccc(OC)cc5)no4)nn3)c3ccc(Cl)cc3NC2C=C1. The number of hydrogen-bond acceptors (Lipinski definition) is 11. The van der Waals surface area contributed by atoms with E-state index in [2.05, 4.69) is 42.4 Å². The molecule has 2 aromatic carbocycles. The number of ether oxygens (including phenoxy) is 3. The van der Waals surface area contributed by atoms with Gasteiger partial charge >= 0.3 is 0 Å². The van der Waals surface area contributed by atoms with Gasteiger partial charge in [0.15, 0.2) is 5.69 Å². The van der Waals surface area contributed by atoms with E-state index < -0.39 is 0 Å². The van der Waals surface area contributed by atoms with Crippen LogP contribution in [-0.2, 0) is 9.47 Å². The maximum Gasteiger partial charge on any atom is 0.278 e. The van der Waals surface area contributed by atoms with Crippen molar-refractivity contribution in [2.75, 3.05) is 51.2 Å². The van der Waals surface area contributed by atoms with Crippen LogP contribution < -0.4 is 20.7 Å². The van der Waals surface area contributed by atoms with Crippen LogP contribution in [0.25, 0.3) is 28.7 Å². The molecule has 0 saturated heterocycles. The molecule has 3 N–H and O–H groups in total. The number of methoxy groups -OCH3 is 2. The Labute approximate surface area is 253 Å². The number of fused-ring (bicyclic) bond motifs is 2. The van der Waals surface area contributed by atoms with Crippen molar-refractivity contribution >= 4 is 28.8 Å². The molecule has 0 amide bonds. The Morgan fingerprint density at radius 2 is 1.79 bits per heavy atom. The molecule has 2 aromatic heterocycles. The topological polar surface area (TPSA) is 128 Å². The summed E-state index contributed by atoms with van der Waals surface area (Å²) >= 11 is 6.26. The highest BCUT2D eigenvalue weighted by atomic mass is 35.5. The van der Waals surface area contributed by atoms with E-state index in [1.165, 1.54) is 0 Å². The first-order valence-corrected chi connectivity index (χ1v) is 14.1. The zero-order valence-electron chi connectivity index (χ0n) is 23.6. The summed E-state index contributed by atoms with van der Waals surface area (Å²) in [4.78, 5) is 4.43. The second-order valence-corrected chi connectivity index (χ2v) is 10.1. The normalized spacial score (nSPS) is 15.2. The summed E-state index contributed by atoms with van der Waals surface area (Å²) in [5.41, 5.74) is 5.47. The van der Waals surface area contributed by atoms with Crippen molar-refractivity contribution in [2.24, 2.45) is 0 Å². The molecule has 1 atom stereocenters. The second kappa shape index (κ2) is 13.0. The van der Waals surface area contributed by atoms with Crippen LogP contribution in [0.3, 0.4) is 0 Å².